The Balaban J connectivity index is 2.17. The Bertz CT molecular complexity index is 731. The molecule has 0 saturated heterocycles. The van der Waals surface area contributed by atoms with Crippen molar-refractivity contribution in [2.24, 2.45) is 0 Å². The zero-order valence-corrected chi connectivity index (χ0v) is 13.3. The number of nitrogens with one attached hydrogen (secondary N) is 1. The van der Waals surface area contributed by atoms with Crippen LogP contribution in [0.2, 0.25) is 5.02 Å². The standard InChI is InChI=1S/C16H15ClN2O4/c1-10(11-3-6-13(7-4-11)19(21)22)16(20)18-14-9-12(17)5-8-15(14)23-2/h3-10H,1-2H3,(H,18,20)/t10-/m0/s1. The average molecular weight is 335 g/mol. The number of hydrogen-bond donors (Lipinski definition) is 1. The number of hydrogen-bond acceptors (Lipinski definition) is 4. The van der Waals surface area contributed by atoms with E-state index in [9.17, 15) is 14.9 Å². The van der Waals surface area contributed by atoms with E-state index in [1.807, 2.05) is 0 Å². The normalized spacial score (nSPS) is 11.6. The fourth-order valence-corrected chi connectivity index (χ4v) is 2.23. The van der Waals surface area contributed by atoms with Crippen LogP contribution in [0, 0.1) is 10.1 Å². The highest BCUT2D eigenvalue weighted by atomic mass is 35.5. The second-order valence-electron chi connectivity index (χ2n) is 4.90. The number of methoxy groups -OCH3 is 1. The highest BCUT2D eigenvalue weighted by molar-refractivity contribution is 6.31. The molecule has 120 valence electrons. The van der Waals surface area contributed by atoms with Crippen molar-refractivity contribution >= 4 is 28.9 Å². The van der Waals surface area contributed by atoms with Crippen LogP contribution in [-0.4, -0.2) is 17.9 Å². The third-order valence-electron chi connectivity index (χ3n) is 3.42. The molecular weight excluding hydrogens is 320 g/mol. The van der Waals surface area contributed by atoms with Gasteiger partial charge < -0.3 is 10.1 Å². The van der Waals surface area contributed by atoms with E-state index in [-0.39, 0.29) is 11.6 Å². The maximum Gasteiger partial charge on any atom is 0.269 e. The van der Waals surface area contributed by atoms with Crippen molar-refractivity contribution in [2.75, 3.05) is 12.4 Å². The average Bonchev–Trinajstić information content (AvgIpc) is 2.54. The minimum atomic E-state index is -0.487. The second kappa shape index (κ2) is 7.11. The molecule has 23 heavy (non-hydrogen) atoms. The van der Waals surface area contributed by atoms with E-state index in [1.54, 1.807) is 37.3 Å². The molecule has 0 bridgehead atoms. The largest absolute Gasteiger partial charge is 0.495 e. The van der Waals surface area contributed by atoms with E-state index in [4.69, 9.17) is 16.3 Å². The molecule has 0 aliphatic carbocycles. The summed E-state index contributed by atoms with van der Waals surface area (Å²) in [5, 5.41) is 13.9. The van der Waals surface area contributed by atoms with Gasteiger partial charge in [-0.05, 0) is 30.7 Å². The van der Waals surface area contributed by atoms with Crippen LogP contribution in [0.15, 0.2) is 42.5 Å². The molecule has 0 heterocycles. The summed E-state index contributed by atoms with van der Waals surface area (Å²) in [4.78, 5) is 22.5. The van der Waals surface area contributed by atoms with Crippen molar-refractivity contribution in [2.45, 2.75) is 12.8 Å². The number of nitrogens with zero attached hydrogens (tertiary/aromatic N) is 1. The Hall–Kier alpha value is -2.60. The molecule has 2 aromatic rings. The smallest absolute Gasteiger partial charge is 0.269 e. The van der Waals surface area contributed by atoms with E-state index in [1.165, 1.54) is 19.2 Å². The number of halogens is 1. The fraction of sp³-hybridized carbons (Fsp3) is 0.188. The fourth-order valence-electron chi connectivity index (χ4n) is 2.05. The van der Waals surface area contributed by atoms with Gasteiger partial charge in [0.15, 0.2) is 0 Å². The minimum absolute atomic E-state index is 0.0159. The van der Waals surface area contributed by atoms with Crippen LogP contribution in [0.3, 0.4) is 0 Å². The van der Waals surface area contributed by atoms with Gasteiger partial charge in [0, 0.05) is 17.2 Å². The lowest BCUT2D eigenvalue weighted by molar-refractivity contribution is -0.384. The van der Waals surface area contributed by atoms with Gasteiger partial charge in [0.1, 0.15) is 5.75 Å². The van der Waals surface area contributed by atoms with Crippen molar-refractivity contribution in [1.82, 2.24) is 0 Å². The van der Waals surface area contributed by atoms with Gasteiger partial charge in [-0.25, -0.2) is 0 Å². The van der Waals surface area contributed by atoms with E-state index in [0.29, 0.717) is 22.0 Å². The van der Waals surface area contributed by atoms with Crippen molar-refractivity contribution < 1.29 is 14.5 Å². The molecule has 0 spiro atoms. The Morgan fingerprint density at radius 1 is 1.26 bits per heavy atom. The lowest BCUT2D eigenvalue weighted by Crippen LogP contribution is -2.19. The zero-order chi connectivity index (χ0) is 17.0. The van der Waals surface area contributed by atoms with Crippen molar-refractivity contribution in [1.29, 1.82) is 0 Å². The first kappa shape index (κ1) is 16.8. The molecule has 1 N–H and O–H groups in total. The third-order valence-corrected chi connectivity index (χ3v) is 3.65. The van der Waals surface area contributed by atoms with E-state index >= 15 is 0 Å². The van der Waals surface area contributed by atoms with Crippen LogP contribution in [0.4, 0.5) is 11.4 Å². The monoisotopic (exact) mass is 334 g/mol. The predicted molar refractivity (Wildman–Crippen MR) is 88.1 cm³/mol. The van der Waals surface area contributed by atoms with Crippen molar-refractivity contribution in [3.05, 3.63) is 63.2 Å². The molecular formula is C16H15ClN2O4. The molecule has 0 saturated carbocycles. The Morgan fingerprint density at radius 2 is 1.91 bits per heavy atom. The van der Waals surface area contributed by atoms with Gasteiger partial charge in [0.05, 0.1) is 23.6 Å². The Kier molecular flexibility index (Phi) is 5.18. The lowest BCUT2D eigenvalue weighted by atomic mass is 10.00. The van der Waals surface area contributed by atoms with Crippen LogP contribution in [0.5, 0.6) is 5.75 Å². The predicted octanol–water partition coefficient (Wildman–Crippen LogP) is 4.00. The lowest BCUT2D eigenvalue weighted by Gasteiger charge is -2.15. The van der Waals surface area contributed by atoms with Crippen LogP contribution < -0.4 is 10.1 Å². The number of nitro benzene ring substituents is 1. The van der Waals surface area contributed by atoms with Crippen LogP contribution in [0.25, 0.3) is 0 Å². The summed E-state index contributed by atoms with van der Waals surface area (Å²) in [6.45, 7) is 1.72. The number of ether oxygens (including phenoxy) is 1. The van der Waals surface area contributed by atoms with Crippen LogP contribution in [-0.2, 0) is 4.79 Å². The van der Waals surface area contributed by atoms with Gasteiger partial charge in [-0.3, -0.25) is 14.9 Å². The number of benzene rings is 2. The number of anilines is 1. The van der Waals surface area contributed by atoms with Crippen molar-refractivity contribution in [3.63, 3.8) is 0 Å². The summed E-state index contributed by atoms with van der Waals surface area (Å²) >= 11 is 5.93. The molecule has 2 aromatic carbocycles. The number of carbonyl (C=O) groups excluding carboxylic acids is 1. The topological polar surface area (TPSA) is 81.5 Å². The van der Waals surface area contributed by atoms with Gasteiger partial charge in [0.25, 0.3) is 5.69 Å². The maximum absolute atomic E-state index is 12.4. The number of non-ortho nitro benzene ring substituents is 1. The maximum atomic E-state index is 12.4. The number of nitro groups is 1. The third kappa shape index (κ3) is 3.98. The molecule has 0 aliphatic heterocycles. The van der Waals surface area contributed by atoms with Crippen LogP contribution >= 0.6 is 11.6 Å². The summed E-state index contributed by atoms with van der Waals surface area (Å²) < 4.78 is 5.18. The molecule has 1 amide bonds. The second-order valence-corrected chi connectivity index (χ2v) is 5.34. The molecule has 0 unspecified atom stereocenters. The van der Waals surface area contributed by atoms with Crippen molar-refractivity contribution in [3.8, 4) is 5.75 Å². The SMILES string of the molecule is COc1ccc(Cl)cc1NC(=O)[C@@H](C)c1ccc([N+](=O)[O-])cc1. The van der Waals surface area contributed by atoms with Gasteiger partial charge >= 0.3 is 0 Å². The summed E-state index contributed by atoms with van der Waals surface area (Å²) in [6, 6.07) is 10.8. The summed E-state index contributed by atoms with van der Waals surface area (Å²) in [5.74, 6) is -0.252. The van der Waals surface area contributed by atoms with E-state index in [2.05, 4.69) is 5.32 Å². The summed E-state index contributed by atoms with van der Waals surface area (Å²) in [5.41, 5.74) is 1.13. The first-order valence-electron chi connectivity index (χ1n) is 6.81. The van der Waals surface area contributed by atoms with Gasteiger partial charge in [0.2, 0.25) is 5.91 Å². The molecule has 7 heteroatoms. The van der Waals surface area contributed by atoms with E-state index in [0.717, 1.165) is 0 Å². The highest BCUT2D eigenvalue weighted by Gasteiger charge is 2.18. The minimum Gasteiger partial charge on any atom is -0.495 e. The van der Waals surface area contributed by atoms with Gasteiger partial charge in [-0.15, -0.1) is 0 Å². The molecule has 6 nitrogen and oxygen atoms in total. The molecule has 0 aliphatic rings. The Morgan fingerprint density at radius 3 is 2.48 bits per heavy atom. The van der Waals surface area contributed by atoms with E-state index < -0.39 is 10.8 Å². The molecule has 1 atom stereocenters. The molecule has 0 fully saturated rings. The van der Waals surface area contributed by atoms with Gasteiger partial charge in [-0.2, -0.15) is 0 Å². The number of amides is 1. The molecule has 0 aromatic heterocycles. The number of rotatable bonds is 5. The Labute approximate surface area is 138 Å². The molecule has 2 rings (SSSR count). The summed E-state index contributed by atoms with van der Waals surface area (Å²) in [7, 11) is 1.50. The highest BCUT2D eigenvalue weighted by Crippen LogP contribution is 2.29. The number of carbonyl (C=O) groups is 1. The quantitative estimate of drug-likeness (QED) is 0.662. The first-order chi connectivity index (χ1) is 10.9. The first-order valence-corrected chi connectivity index (χ1v) is 7.19. The van der Waals surface area contributed by atoms with Gasteiger partial charge in [-0.1, -0.05) is 23.7 Å². The zero-order valence-electron chi connectivity index (χ0n) is 12.6. The molecule has 0 radical (unpaired) electrons. The van der Waals surface area contributed by atoms with Crippen LogP contribution in [0.1, 0.15) is 18.4 Å². The summed E-state index contributed by atoms with van der Waals surface area (Å²) in [6.07, 6.45) is 0.